The molecule has 3 atom stereocenters. The fourth-order valence-corrected chi connectivity index (χ4v) is 4.10. The molecule has 2 aromatic rings. The number of halogens is 1. The first-order chi connectivity index (χ1) is 15.4. The van der Waals surface area contributed by atoms with Crippen LogP contribution in [0, 0.1) is 29.0 Å². The van der Waals surface area contributed by atoms with Gasteiger partial charge < -0.3 is 23.6 Å². The second-order valence-electron chi connectivity index (χ2n) is 8.40. The smallest absolute Gasteiger partial charge is 0.410 e. The number of ether oxygens (including phenoxy) is 3. The molecule has 1 aromatic heterocycles. The van der Waals surface area contributed by atoms with Gasteiger partial charge in [0.25, 0.3) is 5.89 Å². The Morgan fingerprint density at radius 2 is 2.00 bits per heavy atom. The monoisotopic (exact) mass is 444 g/mol. The van der Waals surface area contributed by atoms with Gasteiger partial charge in [-0.25, -0.2) is 9.18 Å². The van der Waals surface area contributed by atoms with Gasteiger partial charge in [-0.3, -0.25) is 0 Å². The van der Waals surface area contributed by atoms with Gasteiger partial charge in [0.2, 0.25) is 5.82 Å². The van der Waals surface area contributed by atoms with Gasteiger partial charge in [-0.05, 0) is 39.0 Å². The van der Waals surface area contributed by atoms with Crippen molar-refractivity contribution in [3.05, 3.63) is 35.5 Å². The molecular formula is C22H25FN4O5. The third-order valence-electron chi connectivity index (χ3n) is 5.60. The molecule has 0 N–H and O–H groups in total. The number of nitrogens with zero attached hydrogens (tertiary/aromatic N) is 4. The summed E-state index contributed by atoms with van der Waals surface area (Å²) in [6.45, 7) is 7.40. The lowest BCUT2D eigenvalue weighted by molar-refractivity contribution is -0.167. The molecule has 2 aliphatic heterocycles. The summed E-state index contributed by atoms with van der Waals surface area (Å²) in [5.41, 5.74) is 0.359. The Morgan fingerprint density at radius 3 is 2.62 bits per heavy atom. The van der Waals surface area contributed by atoms with Crippen LogP contribution >= 0.6 is 0 Å². The summed E-state index contributed by atoms with van der Waals surface area (Å²) in [6, 6.07) is 5.92. The number of carbonyl (C=O) groups is 1. The molecule has 4 rings (SSSR count). The maximum absolute atomic E-state index is 13.9. The summed E-state index contributed by atoms with van der Waals surface area (Å²) in [5, 5.41) is 12.8. The van der Waals surface area contributed by atoms with E-state index in [-0.39, 0.29) is 47.4 Å². The molecule has 170 valence electrons. The highest BCUT2D eigenvalue weighted by atomic mass is 19.1. The Labute approximate surface area is 185 Å². The first kappa shape index (κ1) is 22.2. The van der Waals surface area contributed by atoms with Crippen molar-refractivity contribution in [3.63, 3.8) is 0 Å². The number of hydrogen-bond acceptors (Lipinski definition) is 8. The molecule has 2 fully saturated rings. The van der Waals surface area contributed by atoms with Crippen molar-refractivity contribution in [1.29, 1.82) is 5.26 Å². The van der Waals surface area contributed by atoms with Crippen molar-refractivity contribution in [2.75, 3.05) is 26.3 Å². The zero-order valence-electron chi connectivity index (χ0n) is 18.2. The molecule has 1 aromatic carbocycles. The number of fused-ring (bicyclic) bond motifs is 2. The van der Waals surface area contributed by atoms with Crippen LogP contribution in [0.15, 0.2) is 22.7 Å². The van der Waals surface area contributed by atoms with Crippen LogP contribution in [0.4, 0.5) is 9.18 Å². The molecule has 1 amide bonds. The van der Waals surface area contributed by atoms with E-state index in [0.717, 1.165) is 0 Å². The Morgan fingerprint density at radius 1 is 1.28 bits per heavy atom. The minimum absolute atomic E-state index is 0.000300. The van der Waals surface area contributed by atoms with Crippen LogP contribution < -0.4 is 0 Å². The molecule has 32 heavy (non-hydrogen) atoms. The Kier molecular flexibility index (Phi) is 6.39. The molecule has 2 aliphatic rings. The predicted molar refractivity (Wildman–Crippen MR) is 109 cm³/mol. The molecule has 9 nitrogen and oxygen atoms in total. The molecule has 2 unspecified atom stereocenters. The Balaban J connectivity index is 1.43. The number of carbonyl (C=O) groups excluding carboxylic acids is 1. The number of benzene rings is 1. The summed E-state index contributed by atoms with van der Waals surface area (Å²) in [4.78, 5) is 18.4. The average Bonchev–Trinajstić information content (AvgIpc) is 3.23. The van der Waals surface area contributed by atoms with Crippen LogP contribution in [0.1, 0.15) is 38.3 Å². The standard InChI is InChI=1S/C22H25FN4O5/c1-12(2)30-22(28)27-8-16-10-29-11-17(9-27)19(16)31-13(3)21-25-20(26-32-21)14-4-5-15(7-24)18(23)6-14/h4-6,12-13,16-17,19H,8-11H2,1-3H3/t13-,16?,17?,19?/m1/s1. The van der Waals surface area contributed by atoms with Gasteiger partial charge in [-0.1, -0.05) is 5.16 Å². The van der Waals surface area contributed by atoms with Gasteiger partial charge in [0.05, 0.1) is 31.0 Å². The number of piperidine rings is 1. The Hall–Kier alpha value is -3.03. The van der Waals surface area contributed by atoms with E-state index in [2.05, 4.69) is 10.1 Å². The topological polar surface area (TPSA) is 111 Å². The fraction of sp³-hybridized carbons (Fsp3) is 0.545. The van der Waals surface area contributed by atoms with Gasteiger partial charge in [0.15, 0.2) is 0 Å². The van der Waals surface area contributed by atoms with Crippen molar-refractivity contribution in [2.45, 2.75) is 39.1 Å². The van der Waals surface area contributed by atoms with Gasteiger partial charge in [-0.2, -0.15) is 10.2 Å². The van der Waals surface area contributed by atoms with E-state index in [4.69, 9.17) is 24.0 Å². The highest BCUT2D eigenvalue weighted by molar-refractivity contribution is 5.68. The first-order valence-electron chi connectivity index (χ1n) is 10.6. The van der Waals surface area contributed by atoms with Crippen molar-refractivity contribution < 1.29 is 27.9 Å². The fourth-order valence-electron chi connectivity index (χ4n) is 4.10. The summed E-state index contributed by atoms with van der Waals surface area (Å²) in [6.07, 6.45) is -1.13. The quantitative estimate of drug-likeness (QED) is 0.691. The normalized spacial score (nSPS) is 23.6. The molecular weight excluding hydrogens is 419 g/mol. The van der Waals surface area contributed by atoms with E-state index in [0.29, 0.717) is 31.9 Å². The number of amides is 1. The van der Waals surface area contributed by atoms with Gasteiger partial charge in [0.1, 0.15) is 18.0 Å². The van der Waals surface area contributed by atoms with Crippen LogP contribution in [0.2, 0.25) is 0 Å². The molecule has 2 bridgehead atoms. The zero-order valence-corrected chi connectivity index (χ0v) is 18.2. The first-order valence-corrected chi connectivity index (χ1v) is 10.6. The van der Waals surface area contributed by atoms with Crippen molar-refractivity contribution in [1.82, 2.24) is 15.0 Å². The largest absolute Gasteiger partial charge is 0.447 e. The molecule has 0 aliphatic carbocycles. The lowest BCUT2D eigenvalue weighted by Crippen LogP contribution is -2.58. The van der Waals surface area contributed by atoms with E-state index in [9.17, 15) is 9.18 Å². The molecule has 0 spiro atoms. The maximum Gasteiger partial charge on any atom is 0.410 e. The number of nitriles is 1. The van der Waals surface area contributed by atoms with Crippen LogP contribution in [0.5, 0.6) is 0 Å². The lowest BCUT2D eigenvalue weighted by atomic mass is 9.84. The van der Waals surface area contributed by atoms with Gasteiger partial charge in [-0.15, -0.1) is 0 Å². The van der Waals surface area contributed by atoms with Crippen LogP contribution in [-0.2, 0) is 14.2 Å². The summed E-state index contributed by atoms with van der Waals surface area (Å²) >= 11 is 0. The van der Waals surface area contributed by atoms with Crippen LogP contribution in [0.25, 0.3) is 11.4 Å². The third kappa shape index (κ3) is 4.59. The van der Waals surface area contributed by atoms with E-state index >= 15 is 0 Å². The second kappa shape index (κ2) is 9.22. The lowest BCUT2D eigenvalue weighted by Gasteiger charge is -2.46. The molecule has 10 heteroatoms. The predicted octanol–water partition coefficient (Wildman–Crippen LogP) is 3.32. The number of aromatic nitrogens is 2. The summed E-state index contributed by atoms with van der Waals surface area (Å²) < 4.78 is 36.6. The summed E-state index contributed by atoms with van der Waals surface area (Å²) in [5.74, 6) is -0.158. The average molecular weight is 444 g/mol. The van der Waals surface area contributed by atoms with Crippen LogP contribution in [0.3, 0.4) is 0 Å². The van der Waals surface area contributed by atoms with E-state index in [1.807, 2.05) is 20.8 Å². The number of rotatable bonds is 5. The number of likely N-dealkylation sites (tertiary alicyclic amines) is 1. The zero-order chi connectivity index (χ0) is 22.8. The highest BCUT2D eigenvalue weighted by Crippen LogP contribution is 2.34. The highest BCUT2D eigenvalue weighted by Gasteiger charge is 2.44. The summed E-state index contributed by atoms with van der Waals surface area (Å²) in [7, 11) is 0. The minimum atomic E-state index is -0.642. The van der Waals surface area contributed by atoms with Crippen molar-refractivity contribution in [3.8, 4) is 17.5 Å². The molecule has 0 saturated carbocycles. The van der Waals surface area contributed by atoms with E-state index in [1.54, 1.807) is 17.0 Å². The minimum Gasteiger partial charge on any atom is -0.447 e. The van der Waals surface area contributed by atoms with Crippen molar-refractivity contribution in [2.24, 2.45) is 11.8 Å². The van der Waals surface area contributed by atoms with E-state index < -0.39 is 11.9 Å². The molecule has 2 saturated heterocycles. The van der Waals surface area contributed by atoms with Crippen LogP contribution in [-0.4, -0.2) is 59.6 Å². The Bertz CT molecular complexity index is 1010. The molecule has 0 radical (unpaired) electrons. The van der Waals surface area contributed by atoms with E-state index in [1.165, 1.54) is 12.1 Å². The van der Waals surface area contributed by atoms with Gasteiger partial charge in [0, 0.05) is 30.5 Å². The molecule has 3 heterocycles. The maximum atomic E-state index is 13.9. The SMILES string of the molecule is CC(C)OC(=O)N1CC2COCC(C1)C2O[C@H](C)c1nc(-c2ccc(C#N)c(F)c2)no1. The third-order valence-corrected chi connectivity index (χ3v) is 5.60. The van der Waals surface area contributed by atoms with Crippen molar-refractivity contribution >= 4 is 6.09 Å². The second-order valence-corrected chi connectivity index (χ2v) is 8.40. The number of hydrogen-bond donors (Lipinski definition) is 0. The van der Waals surface area contributed by atoms with Gasteiger partial charge >= 0.3 is 6.09 Å².